The SMILES string of the molecule is CC(C)(C)/N=C\CCc1cccs1. The molecule has 1 heterocycles. The summed E-state index contributed by atoms with van der Waals surface area (Å²) in [6.45, 7) is 6.36. The predicted octanol–water partition coefficient (Wildman–Crippen LogP) is 3.55. The van der Waals surface area contributed by atoms with E-state index in [1.165, 1.54) is 4.88 Å². The van der Waals surface area contributed by atoms with Crippen molar-refractivity contribution in [2.45, 2.75) is 39.2 Å². The zero-order valence-electron chi connectivity index (χ0n) is 8.58. The van der Waals surface area contributed by atoms with Gasteiger partial charge in [-0.2, -0.15) is 0 Å². The van der Waals surface area contributed by atoms with E-state index in [4.69, 9.17) is 0 Å². The van der Waals surface area contributed by atoms with Gasteiger partial charge in [0.15, 0.2) is 0 Å². The minimum absolute atomic E-state index is 0.0788. The second-order valence-corrected chi connectivity index (χ2v) is 5.13. The first-order valence-corrected chi connectivity index (χ1v) is 5.52. The topological polar surface area (TPSA) is 12.4 Å². The zero-order valence-corrected chi connectivity index (χ0v) is 9.40. The number of hydrogen-bond donors (Lipinski definition) is 0. The summed E-state index contributed by atoms with van der Waals surface area (Å²) in [6, 6.07) is 4.27. The van der Waals surface area contributed by atoms with Crippen LogP contribution in [0.4, 0.5) is 0 Å². The van der Waals surface area contributed by atoms with Gasteiger partial charge >= 0.3 is 0 Å². The normalized spacial score (nSPS) is 12.5. The van der Waals surface area contributed by atoms with Crippen molar-refractivity contribution in [3.05, 3.63) is 22.4 Å². The van der Waals surface area contributed by atoms with Gasteiger partial charge in [-0.05, 0) is 51.3 Å². The van der Waals surface area contributed by atoms with Gasteiger partial charge in [-0.25, -0.2) is 0 Å². The van der Waals surface area contributed by atoms with E-state index in [0.717, 1.165) is 12.8 Å². The molecule has 0 aliphatic heterocycles. The number of hydrogen-bond acceptors (Lipinski definition) is 2. The number of aliphatic imine (C=N–C) groups is 1. The fourth-order valence-electron chi connectivity index (χ4n) is 1.00. The molecule has 2 heteroatoms. The molecule has 0 radical (unpaired) electrons. The molecule has 1 nitrogen and oxygen atoms in total. The fourth-order valence-corrected chi connectivity index (χ4v) is 1.72. The van der Waals surface area contributed by atoms with Crippen molar-refractivity contribution >= 4 is 17.6 Å². The molecule has 0 saturated heterocycles. The van der Waals surface area contributed by atoms with Crippen LogP contribution in [0.25, 0.3) is 0 Å². The molecule has 0 unspecified atom stereocenters. The maximum absolute atomic E-state index is 4.44. The minimum Gasteiger partial charge on any atom is -0.292 e. The third kappa shape index (κ3) is 4.83. The summed E-state index contributed by atoms with van der Waals surface area (Å²) in [7, 11) is 0. The van der Waals surface area contributed by atoms with Crippen LogP contribution < -0.4 is 0 Å². The Balaban J connectivity index is 2.25. The lowest BCUT2D eigenvalue weighted by Gasteiger charge is -2.10. The number of rotatable bonds is 3. The van der Waals surface area contributed by atoms with Crippen molar-refractivity contribution in [3.8, 4) is 0 Å². The highest BCUT2D eigenvalue weighted by molar-refractivity contribution is 7.09. The summed E-state index contributed by atoms with van der Waals surface area (Å²) >= 11 is 1.82. The van der Waals surface area contributed by atoms with Crippen LogP contribution in [0.5, 0.6) is 0 Å². The van der Waals surface area contributed by atoms with E-state index in [1.54, 1.807) is 0 Å². The summed E-state index contributed by atoms with van der Waals surface area (Å²) in [5, 5.41) is 2.12. The molecular weight excluding hydrogens is 178 g/mol. The Hall–Kier alpha value is -0.630. The van der Waals surface area contributed by atoms with Crippen LogP contribution >= 0.6 is 11.3 Å². The van der Waals surface area contributed by atoms with Crippen LogP contribution in [0.1, 0.15) is 32.1 Å². The van der Waals surface area contributed by atoms with Crippen LogP contribution in [-0.2, 0) is 6.42 Å². The van der Waals surface area contributed by atoms with E-state index >= 15 is 0 Å². The monoisotopic (exact) mass is 195 g/mol. The standard InChI is InChI=1S/C11H17NS/c1-11(2,3)12-8-4-6-10-7-5-9-13-10/h5,7-9H,4,6H2,1-3H3/b12-8-. The Morgan fingerprint density at radius 3 is 2.77 bits per heavy atom. The molecule has 1 aromatic heterocycles. The molecule has 1 aromatic rings. The molecule has 0 amide bonds. The van der Waals surface area contributed by atoms with Crippen molar-refractivity contribution in [1.82, 2.24) is 0 Å². The quantitative estimate of drug-likeness (QED) is 0.654. The van der Waals surface area contributed by atoms with E-state index < -0.39 is 0 Å². The largest absolute Gasteiger partial charge is 0.292 e. The Bertz CT molecular complexity index is 254. The van der Waals surface area contributed by atoms with Crippen molar-refractivity contribution in [2.75, 3.05) is 0 Å². The number of thiophene rings is 1. The third-order valence-corrected chi connectivity index (χ3v) is 2.51. The second-order valence-electron chi connectivity index (χ2n) is 4.10. The van der Waals surface area contributed by atoms with Crippen molar-refractivity contribution in [1.29, 1.82) is 0 Å². The van der Waals surface area contributed by atoms with Crippen LogP contribution in [0.15, 0.2) is 22.5 Å². The fraction of sp³-hybridized carbons (Fsp3) is 0.545. The van der Waals surface area contributed by atoms with Gasteiger partial charge in [-0.15, -0.1) is 11.3 Å². The van der Waals surface area contributed by atoms with Crippen molar-refractivity contribution in [2.24, 2.45) is 4.99 Å². The van der Waals surface area contributed by atoms with Gasteiger partial charge in [0.25, 0.3) is 0 Å². The summed E-state index contributed by atoms with van der Waals surface area (Å²) < 4.78 is 0. The molecule has 0 saturated carbocycles. The van der Waals surface area contributed by atoms with E-state index in [-0.39, 0.29) is 5.54 Å². The van der Waals surface area contributed by atoms with E-state index in [2.05, 4.69) is 43.3 Å². The lowest BCUT2D eigenvalue weighted by molar-refractivity contribution is 0.584. The lowest BCUT2D eigenvalue weighted by atomic mass is 10.1. The Kier molecular flexibility index (Phi) is 3.67. The molecular formula is C11H17NS. The average molecular weight is 195 g/mol. The van der Waals surface area contributed by atoms with Gasteiger partial charge in [0.2, 0.25) is 0 Å². The van der Waals surface area contributed by atoms with Crippen LogP contribution in [0.2, 0.25) is 0 Å². The molecule has 0 atom stereocenters. The van der Waals surface area contributed by atoms with E-state index in [1.807, 2.05) is 17.6 Å². The molecule has 0 N–H and O–H groups in total. The molecule has 0 aromatic carbocycles. The first-order valence-electron chi connectivity index (χ1n) is 4.64. The van der Waals surface area contributed by atoms with Gasteiger partial charge in [0.1, 0.15) is 0 Å². The van der Waals surface area contributed by atoms with E-state index in [0.29, 0.717) is 0 Å². The molecule has 0 aliphatic rings. The Morgan fingerprint density at radius 2 is 2.23 bits per heavy atom. The molecule has 72 valence electrons. The number of nitrogens with zero attached hydrogens (tertiary/aromatic N) is 1. The first kappa shape index (κ1) is 10.5. The lowest BCUT2D eigenvalue weighted by Crippen LogP contribution is -2.09. The summed E-state index contributed by atoms with van der Waals surface area (Å²) in [5.74, 6) is 0. The smallest absolute Gasteiger partial charge is 0.0520 e. The van der Waals surface area contributed by atoms with Crippen LogP contribution in [-0.4, -0.2) is 11.8 Å². The number of aryl methyl sites for hydroxylation is 1. The van der Waals surface area contributed by atoms with Gasteiger partial charge in [-0.1, -0.05) is 6.07 Å². The molecule has 0 bridgehead atoms. The maximum atomic E-state index is 4.44. The average Bonchev–Trinajstić information content (AvgIpc) is 2.48. The van der Waals surface area contributed by atoms with Crippen molar-refractivity contribution in [3.63, 3.8) is 0 Å². The predicted molar refractivity (Wildman–Crippen MR) is 60.9 cm³/mol. The van der Waals surface area contributed by atoms with E-state index in [9.17, 15) is 0 Å². The molecule has 0 spiro atoms. The summed E-state index contributed by atoms with van der Waals surface area (Å²) in [5.41, 5.74) is 0.0788. The Morgan fingerprint density at radius 1 is 1.46 bits per heavy atom. The zero-order chi connectivity index (χ0) is 9.73. The van der Waals surface area contributed by atoms with Gasteiger partial charge in [0.05, 0.1) is 5.54 Å². The summed E-state index contributed by atoms with van der Waals surface area (Å²) in [4.78, 5) is 5.88. The Labute approximate surface area is 84.5 Å². The van der Waals surface area contributed by atoms with Gasteiger partial charge in [0, 0.05) is 4.88 Å². The third-order valence-electron chi connectivity index (χ3n) is 1.58. The minimum atomic E-state index is 0.0788. The first-order chi connectivity index (χ1) is 6.08. The molecule has 13 heavy (non-hydrogen) atoms. The van der Waals surface area contributed by atoms with Crippen molar-refractivity contribution < 1.29 is 0 Å². The molecule has 1 rings (SSSR count). The van der Waals surface area contributed by atoms with Gasteiger partial charge < -0.3 is 0 Å². The van der Waals surface area contributed by atoms with Gasteiger partial charge in [-0.3, -0.25) is 4.99 Å². The maximum Gasteiger partial charge on any atom is 0.0520 e. The highest BCUT2D eigenvalue weighted by atomic mass is 32.1. The second kappa shape index (κ2) is 4.56. The highest BCUT2D eigenvalue weighted by Gasteiger charge is 2.03. The van der Waals surface area contributed by atoms with Crippen LogP contribution in [0.3, 0.4) is 0 Å². The van der Waals surface area contributed by atoms with Crippen LogP contribution in [0, 0.1) is 0 Å². The molecule has 0 fully saturated rings. The highest BCUT2D eigenvalue weighted by Crippen LogP contribution is 2.11. The summed E-state index contributed by atoms with van der Waals surface area (Å²) in [6.07, 6.45) is 4.22. The molecule has 0 aliphatic carbocycles.